The molecule has 0 amide bonds. The summed E-state index contributed by atoms with van der Waals surface area (Å²) in [6.45, 7) is 2.16. The lowest BCUT2D eigenvalue weighted by molar-refractivity contribution is 0.613. The lowest BCUT2D eigenvalue weighted by Gasteiger charge is -2.23. The van der Waals surface area contributed by atoms with Gasteiger partial charge in [0, 0.05) is 0 Å². The minimum atomic E-state index is 0.358. The van der Waals surface area contributed by atoms with E-state index in [1.54, 1.807) is 11.1 Å². The standard InChI is InChI=1S/C35H36N6/c1-3-28(36-15-1)34-38-19-31(41-34)21-7-5-20(6-8-21)25-12-13-26(33-24-10-9-23(17-24)32(25)33)22-11-14-27-30(18-22)40-35(39-27)29-4-2-16-37-29/h5-8,11-14,18-19,23-24,28-29,36-37H,1-4,9-10,15-17H2,(H,38,41)(H,39,40)/t23-,24+,28-,29-/m0/s1. The highest BCUT2D eigenvalue weighted by atomic mass is 15.0. The number of H-pyrrole nitrogens is 2. The first-order chi connectivity index (χ1) is 20.3. The van der Waals surface area contributed by atoms with Gasteiger partial charge in [0.25, 0.3) is 0 Å². The number of hydrogen-bond acceptors (Lipinski definition) is 4. The van der Waals surface area contributed by atoms with Crippen molar-refractivity contribution in [1.29, 1.82) is 0 Å². The van der Waals surface area contributed by atoms with Crippen LogP contribution in [0.5, 0.6) is 0 Å². The first kappa shape index (κ1) is 23.9. The van der Waals surface area contributed by atoms with Crippen molar-refractivity contribution in [3.05, 3.63) is 83.6 Å². The minimum absolute atomic E-state index is 0.358. The number of nitrogens with zero attached hydrogens (tertiary/aromatic N) is 2. The van der Waals surface area contributed by atoms with Crippen molar-refractivity contribution >= 4 is 11.0 Å². The van der Waals surface area contributed by atoms with Crippen LogP contribution in [0.4, 0.5) is 0 Å². The molecular formula is C35H36N6. The van der Waals surface area contributed by atoms with Crippen molar-refractivity contribution in [2.24, 2.45) is 0 Å². The van der Waals surface area contributed by atoms with E-state index in [1.807, 2.05) is 6.20 Å². The minimum Gasteiger partial charge on any atom is -0.341 e. The Balaban J connectivity index is 1.06. The van der Waals surface area contributed by atoms with Gasteiger partial charge in [-0.3, -0.25) is 0 Å². The van der Waals surface area contributed by atoms with Gasteiger partial charge in [0.05, 0.1) is 35.0 Å². The van der Waals surface area contributed by atoms with Crippen LogP contribution in [0.25, 0.3) is 44.5 Å². The number of aromatic nitrogens is 4. The molecule has 0 radical (unpaired) electrons. The number of fused-ring (bicyclic) bond motifs is 6. The molecule has 4 aliphatic rings. The van der Waals surface area contributed by atoms with Crippen LogP contribution >= 0.6 is 0 Å². The van der Waals surface area contributed by atoms with E-state index in [1.165, 1.54) is 59.9 Å². The van der Waals surface area contributed by atoms with Crippen molar-refractivity contribution in [2.45, 2.75) is 68.9 Å². The number of rotatable bonds is 5. The molecule has 6 heteroatoms. The molecule has 0 unspecified atom stereocenters. The SMILES string of the molecule is c1cc(-c2ccc(-c3ccc4nc([C@@H]5CCCN5)[nH]c4c3)c3c2[C@H]2CC[C@@H]3C2)ccc1-c1cnc([C@@H]2CCCN2)[nH]1. The molecule has 3 aromatic carbocycles. The van der Waals surface area contributed by atoms with Crippen molar-refractivity contribution in [3.8, 4) is 33.5 Å². The molecule has 2 aliphatic heterocycles. The van der Waals surface area contributed by atoms with E-state index in [2.05, 4.69) is 80.2 Å². The molecule has 5 aromatic rings. The van der Waals surface area contributed by atoms with Gasteiger partial charge >= 0.3 is 0 Å². The van der Waals surface area contributed by atoms with Crippen LogP contribution in [0.3, 0.4) is 0 Å². The molecule has 206 valence electrons. The number of nitrogens with one attached hydrogen (secondary N) is 4. The molecule has 9 rings (SSSR count). The van der Waals surface area contributed by atoms with E-state index in [4.69, 9.17) is 4.98 Å². The molecule has 2 saturated heterocycles. The van der Waals surface area contributed by atoms with E-state index >= 15 is 0 Å². The molecule has 4 atom stereocenters. The second-order valence-corrected chi connectivity index (χ2v) is 12.6. The molecule has 4 heterocycles. The summed E-state index contributed by atoms with van der Waals surface area (Å²) >= 11 is 0. The zero-order valence-corrected chi connectivity index (χ0v) is 23.3. The molecule has 6 nitrogen and oxygen atoms in total. The Morgan fingerprint density at radius 2 is 1.29 bits per heavy atom. The predicted octanol–water partition coefficient (Wildman–Crippen LogP) is 7.50. The highest BCUT2D eigenvalue weighted by molar-refractivity contribution is 5.86. The number of hydrogen-bond donors (Lipinski definition) is 4. The summed E-state index contributed by atoms with van der Waals surface area (Å²) < 4.78 is 0. The smallest absolute Gasteiger partial charge is 0.124 e. The van der Waals surface area contributed by atoms with Gasteiger partial charge in [-0.05, 0) is 121 Å². The van der Waals surface area contributed by atoms with Crippen LogP contribution in [-0.2, 0) is 0 Å². The molecule has 0 spiro atoms. The maximum Gasteiger partial charge on any atom is 0.124 e. The normalized spacial score (nSPS) is 25.0. The summed E-state index contributed by atoms with van der Waals surface area (Å²) in [5, 5.41) is 7.12. The molecule has 3 fully saturated rings. The fourth-order valence-corrected chi connectivity index (χ4v) is 8.21. The van der Waals surface area contributed by atoms with Crippen molar-refractivity contribution in [2.75, 3.05) is 13.1 Å². The number of aromatic amines is 2. The van der Waals surface area contributed by atoms with Gasteiger partial charge in [0.2, 0.25) is 0 Å². The summed E-state index contributed by atoms with van der Waals surface area (Å²) in [4.78, 5) is 16.8. The van der Waals surface area contributed by atoms with E-state index in [0.29, 0.717) is 23.9 Å². The van der Waals surface area contributed by atoms with Crippen LogP contribution in [0, 0.1) is 0 Å². The average molecular weight is 541 g/mol. The largest absolute Gasteiger partial charge is 0.341 e. The zero-order chi connectivity index (χ0) is 26.9. The Morgan fingerprint density at radius 3 is 2.00 bits per heavy atom. The lowest BCUT2D eigenvalue weighted by atomic mass is 9.81. The third kappa shape index (κ3) is 3.92. The van der Waals surface area contributed by atoms with Crippen molar-refractivity contribution in [1.82, 2.24) is 30.6 Å². The van der Waals surface area contributed by atoms with Crippen LogP contribution < -0.4 is 10.6 Å². The Bertz CT molecular complexity index is 1750. The van der Waals surface area contributed by atoms with Crippen LogP contribution in [0.1, 0.15) is 91.6 Å². The fraction of sp³-hybridized carbons (Fsp3) is 0.371. The maximum absolute atomic E-state index is 4.92. The van der Waals surface area contributed by atoms with Gasteiger partial charge < -0.3 is 20.6 Å². The Hall–Kier alpha value is -3.74. The third-order valence-corrected chi connectivity index (χ3v) is 10.2. The molecule has 1 saturated carbocycles. The average Bonchev–Trinajstić information content (AvgIpc) is 3.86. The van der Waals surface area contributed by atoms with E-state index < -0.39 is 0 Å². The maximum atomic E-state index is 4.92. The van der Waals surface area contributed by atoms with E-state index in [9.17, 15) is 0 Å². The first-order valence-corrected chi connectivity index (χ1v) is 15.6. The van der Waals surface area contributed by atoms with Crippen molar-refractivity contribution in [3.63, 3.8) is 0 Å². The number of benzene rings is 3. The van der Waals surface area contributed by atoms with Crippen LogP contribution in [-0.4, -0.2) is 33.0 Å². The van der Waals surface area contributed by atoms with Crippen LogP contribution in [0.15, 0.2) is 60.8 Å². The Morgan fingerprint density at radius 1 is 0.634 bits per heavy atom. The van der Waals surface area contributed by atoms with E-state index in [-0.39, 0.29) is 0 Å². The molecule has 41 heavy (non-hydrogen) atoms. The van der Waals surface area contributed by atoms with Crippen molar-refractivity contribution < 1.29 is 0 Å². The summed E-state index contributed by atoms with van der Waals surface area (Å²) in [5.41, 5.74) is 13.2. The zero-order valence-electron chi connectivity index (χ0n) is 23.3. The topological polar surface area (TPSA) is 81.4 Å². The van der Waals surface area contributed by atoms with Gasteiger partial charge in [0.15, 0.2) is 0 Å². The Kier molecular flexibility index (Phi) is 5.48. The summed E-state index contributed by atoms with van der Waals surface area (Å²) in [6, 6.07) is 21.4. The number of imidazole rings is 2. The highest BCUT2D eigenvalue weighted by Gasteiger charge is 2.40. The van der Waals surface area contributed by atoms with Gasteiger partial charge in [-0.15, -0.1) is 0 Å². The third-order valence-electron chi connectivity index (χ3n) is 10.2. The Labute approximate surface area is 240 Å². The fourth-order valence-electron chi connectivity index (χ4n) is 8.21. The van der Waals surface area contributed by atoms with Gasteiger partial charge in [-0.25, -0.2) is 9.97 Å². The lowest BCUT2D eigenvalue weighted by Crippen LogP contribution is -2.14. The van der Waals surface area contributed by atoms with Gasteiger partial charge in [0.1, 0.15) is 11.6 Å². The van der Waals surface area contributed by atoms with Gasteiger partial charge in [-0.1, -0.05) is 42.5 Å². The summed E-state index contributed by atoms with van der Waals surface area (Å²) in [6.07, 6.45) is 10.7. The summed E-state index contributed by atoms with van der Waals surface area (Å²) in [7, 11) is 0. The molecule has 4 N–H and O–H groups in total. The quantitative estimate of drug-likeness (QED) is 0.186. The second-order valence-electron chi connectivity index (χ2n) is 12.6. The summed E-state index contributed by atoms with van der Waals surface area (Å²) in [5.74, 6) is 3.49. The molecule has 2 aromatic heterocycles. The first-order valence-electron chi connectivity index (χ1n) is 15.6. The second kappa shape index (κ2) is 9.40. The van der Waals surface area contributed by atoms with Crippen LogP contribution in [0.2, 0.25) is 0 Å². The highest BCUT2D eigenvalue weighted by Crippen LogP contribution is 2.58. The van der Waals surface area contributed by atoms with Gasteiger partial charge in [-0.2, -0.15) is 0 Å². The van der Waals surface area contributed by atoms with E-state index in [0.717, 1.165) is 54.3 Å². The molecule has 2 bridgehead atoms. The molecular weight excluding hydrogens is 504 g/mol. The predicted molar refractivity (Wildman–Crippen MR) is 164 cm³/mol. The monoisotopic (exact) mass is 540 g/mol. The molecule has 2 aliphatic carbocycles.